The molecule has 0 spiro atoms. The van der Waals surface area contributed by atoms with Crippen molar-refractivity contribution in [3.63, 3.8) is 0 Å². The number of sulfonamides is 1. The molecular formula is C7H7BNO2S. The normalized spacial score (nSPS) is 11.0. The fourth-order valence-electron chi connectivity index (χ4n) is 0.771. The van der Waals surface area contributed by atoms with Crippen molar-refractivity contribution in [2.45, 2.75) is 11.8 Å². The molecule has 5 heteroatoms. The average Bonchev–Trinajstić information content (AvgIpc) is 2.05. The Labute approximate surface area is 72.6 Å². The molecule has 0 unspecified atom stereocenters. The van der Waals surface area contributed by atoms with E-state index in [1.807, 2.05) is 6.92 Å². The molecule has 0 atom stereocenters. The summed E-state index contributed by atoms with van der Waals surface area (Å²) < 4.78 is 24.8. The molecule has 12 heavy (non-hydrogen) atoms. The van der Waals surface area contributed by atoms with Crippen LogP contribution in [0.2, 0.25) is 0 Å². The van der Waals surface area contributed by atoms with Crippen molar-refractivity contribution in [1.29, 1.82) is 0 Å². The SMILES string of the molecule is [B]=NS(=O)(=O)c1ccc(C)cc1. The monoisotopic (exact) mass is 180 g/mol. The molecule has 0 aromatic heterocycles. The zero-order valence-electron chi connectivity index (χ0n) is 6.56. The van der Waals surface area contributed by atoms with Gasteiger partial charge in [0.05, 0.1) is 0 Å². The van der Waals surface area contributed by atoms with Gasteiger partial charge in [0.25, 0.3) is 0 Å². The van der Waals surface area contributed by atoms with E-state index in [-0.39, 0.29) is 4.90 Å². The molecule has 0 bridgehead atoms. The minimum absolute atomic E-state index is 0.121. The predicted octanol–water partition coefficient (Wildman–Crippen LogP) is 1.04. The van der Waals surface area contributed by atoms with Crippen LogP contribution < -0.4 is 0 Å². The molecule has 61 valence electrons. The van der Waals surface area contributed by atoms with Crippen molar-refractivity contribution < 1.29 is 8.42 Å². The molecule has 0 aliphatic heterocycles. The van der Waals surface area contributed by atoms with E-state index in [4.69, 9.17) is 7.64 Å². The van der Waals surface area contributed by atoms with Gasteiger partial charge in [-0.1, -0.05) is 0 Å². The van der Waals surface area contributed by atoms with Crippen molar-refractivity contribution in [2.75, 3.05) is 0 Å². The summed E-state index contributed by atoms with van der Waals surface area (Å²) in [5.41, 5.74) is 0.992. The van der Waals surface area contributed by atoms with E-state index in [1.54, 1.807) is 12.1 Å². The Morgan fingerprint density at radius 1 is 1.25 bits per heavy atom. The number of rotatable bonds is 2. The van der Waals surface area contributed by atoms with Crippen LogP contribution in [-0.4, -0.2) is 16.1 Å². The Hall–Kier alpha value is -0.965. The summed E-state index contributed by atoms with van der Waals surface area (Å²) >= 11 is 0. The third-order valence-corrected chi connectivity index (χ3v) is 2.60. The van der Waals surface area contributed by atoms with E-state index in [2.05, 4.69) is 4.30 Å². The topological polar surface area (TPSA) is 46.5 Å². The Morgan fingerprint density at radius 3 is 2.17 bits per heavy atom. The van der Waals surface area contributed by atoms with Gasteiger partial charge < -0.3 is 0 Å². The second kappa shape index (κ2) is 3.19. The summed E-state index contributed by atoms with van der Waals surface area (Å²) in [5.74, 6) is 0. The molecule has 0 amide bonds. The number of benzene rings is 1. The van der Waals surface area contributed by atoms with Gasteiger partial charge in [-0.2, -0.15) is 0 Å². The maximum atomic E-state index is 11.0. The minimum atomic E-state index is -3.61. The van der Waals surface area contributed by atoms with Crippen LogP contribution in [0.3, 0.4) is 0 Å². The Balaban J connectivity index is 3.23. The van der Waals surface area contributed by atoms with Crippen molar-refractivity contribution in [3.8, 4) is 0 Å². The van der Waals surface area contributed by atoms with Gasteiger partial charge in [0.15, 0.2) is 0 Å². The van der Waals surface area contributed by atoms with Crippen LogP contribution in [0.25, 0.3) is 0 Å². The molecule has 0 aliphatic carbocycles. The molecule has 0 aliphatic rings. The van der Waals surface area contributed by atoms with E-state index in [1.165, 1.54) is 12.1 Å². The van der Waals surface area contributed by atoms with Crippen LogP contribution in [0.1, 0.15) is 5.56 Å². The summed E-state index contributed by atoms with van der Waals surface area (Å²) in [6, 6.07) is 6.33. The fourth-order valence-corrected chi connectivity index (χ4v) is 1.37. The molecular weight excluding hydrogens is 173 g/mol. The van der Waals surface area contributed by atoms with E-state index < -0.39 is 10.0 Å². The Kier molecular flexibility index (Phi) is 2.42. The van der Waals surface area contributed by atoms with Gasteiger partial charge in [-0.25, -0.2) is 0 Å². The van der Waals surface area contributed by atoms with Gasteiger partial charge >= 0.3 is 72.0 Å². The zero-order valence-corrected chi connectivity index (χ0v) is 7.38. The summed E-state index contributed by atoms with van der Waals surface area (Å²) in [6.07, 6.45) is 0. The van der Waals surface area contributed by atoms with Crippen LogP contribution in [0, 0.1) is 6.92 Å². The van der Waals surface area contributed by atoms with Gasteiger partial charge in [-0.3, -0.25) is 0 Å². The number of nitrogens with zero attached hydrogens (tertiary/aromatic N) is 1. The number of aryl methyl sites for hydroxylation is 1. The van der Waals surface area contributed by atoms with Crippen LogP contribution in [0.5, 0.6) is 0 Å². The molecule has 0 heterocycles. The molecule has 1 aromatic rings. The van der Waals surface area contributed by atoms with Crippen LogP contribution in [-0.2, 0) is 10.0 Å². The Morgan fingerprint density at radius 2 is 1.75 bits per heavy atom. The van der Waals surface area contributed by atoms with Gasteiger partial charge in [0.2, 0.25) is 0 Å². The van der Waals surface area contributed by atoms with Crippen LogP contribution in [0.15, 0.2) is 33.5 Å². The van der Waals surface area contributed by atoms with Crippen LogP contribution >= 0.6 is 0 Å². The first-order chi connectivity index (χ1) is 5.56. The second-order valence-corrected chi connectivity index (χ2v) is 4.03. The van der Waals surface area contributed by atoms with Gasteiger partial charge in [-0.05, 0) is 0 Å². The van der Waals surface area contributed by atoms with Crippen molar-refractivity contribution in [3.05, 3.63) is 29.8 Å². The van der Waals surface area contributed by atoms with Crippen molar-refractivity contribution in [2.24, 2.45) is 4.30 Å². The first kappa shape index (κ1) is 9.13. The summed E-state index contributed by atoms with van der Waals surface area (Å²) in [6.45, 7) is 1.87. The van der Waals surface area contributed by atoms with Gasteiger partial charge in [-0.15, -0.1) is 0 Å². The van der Waals surface area contributed by atoms with E-state index in [0.717, 1.165) is 5.56 Å². The molecule has 1 aromatic carbocycles. The molecule has 0 N–H and O–H groups in total. The molecule has 0 fully saturated rings. The molecule has 0 saturated carbocycles. The summed E-state index contributed by atoms with van der Waals surface area (Å²) in [4.78, 5) is 0.121. The zero-order chi connectivity index (χ0) is 9.19. The van der Waals surface area contributed by atoms with Crippen molar-refractivity contribution >= 4 is 17.7 Å². The van der Waals surface area contributed by atoms with Crippen LogP contribution in [0.4, 0.5) is 0 Å². The predicted molar refractivity (Wildman–Crippen MR) is 46.5 cm³/mol. The maximum absolute atomic E-state index is 11.0. The third kappa shape index (κ3) is 1.79. The average molecular weight is 180 g/mol. The van der Waals surface area contributed by atoms with E-state index >= 15 is 0 Å². The van der Waals surface area contributed by atoms with Gasteiger partial charge in [0, 0.05) is 0 Å². The molecule has 1 radical (unpaired) electrons. The fraction of sp³-hybridized carbons (Fsp3) is 0.143. The Bertz CT molecular complexity index is 382. The molecule has 0 saturated heterocycles. The number of hydrogen-bond donors (Lipinski definition) is 0. The first-order valence-corrected chi connectivity index (χ1v) is 4.74. The number of hydrogen-bond acceptors (Lipinski definition) is 2. The van der Waals surface area contributed by atoms with E-state index in [9.17, 15) is 8.42 Å². The standard InChI is InChI=1S/C7H7BNO2S/c1-6-2-4-7(5-3-6)12(10,11)9-8/h2-5H,1H3. The third-order valence-electron chi connectivity index (χ3n) is 1.46. The molecule has 1 rings (SSSR count). The summed E-state index contributed by atoms with van der Waals surface area (Å²) in [5, 5.41) is 0. The van der Waals surface area contributed by atoms with E-state index in [0.29, 0.717) is 0 Å². The molecule has 3 nitrogen and oxygen atoms in total. The summed E-state index contributed by atoms with van der Waals surface area (Å²) in [7, 11) is 1.10. The second-order valence-electron chi connectivity index (χ2n) is 2.39. The quantitative estimate of drug-likeness (QED) is 0.638. The van der Waals surface area contributed by atoms with Gasteiger partial charge in [0.1, 0.15) is 0 Å². The first-order valence-electron chi connectivity index (χ1n) is 3.30. The van der Waals surface area contributed by atoms with Crippen molar-refractivity contribution in [1.82, 2.24) is 0 Å².